The fourth-order valence-corrected chi connectivity index (χ4v) is 3.40. The predicted octanol–water partition coefficient (Wildman–Crippen LogP) is 3.47. The molecule has 1 heterocycles. The summed E-state index contributed by atoms with van der Waals surface area (Å²) >= 11 is 0. The number of nitrogens with zero attached hydrogens (tertiary/aromatic N) is 1. The lowest BCUT2D eigenvalue weighted by atomic mass is 10.1. The van der Waals surface area contributed by atoms with Gasteiger partial charge in [-0.2, -0.15) is 0 Å². The number of hydrogen-bond acceptors (Lipinski definition) is 3. The van der Waals surface area contributed by atoms with Crippen LogP contribution in [0.3, 0.4) is 0 Å². The minimum Gasteiger partial charge on any atom is -0.349 e. The van der Waals surface area contributed by atoms with Gasteiger partial charge in [0.2, 0.25) is 5.91 Å². The first-order valence-corrected chi connectivity index (χ1v) is 10.4. The van der Waals surface area contributed by atoms with Crippen LogP contribution < -0.4 is 10.6 Å². The molecule has 1 aliphatic carbocycles. The summed E-state index contributed by atoms with van der Waals surface area (Å²) in [6.45, 7) is 1.63. The lowest BCUT2D eigenvalue weighted by molar-refractivity contribution is -0.111. The highest BCUT2D eigenvalue weighted by atomic mass is 16.2. The highest BCUT2D eigenvalue weighted by Gasteiger charge is 2.23. The summed E-state index contributed by atoms with van der Waals surface area (Å²) < 4.78 is 0. The second-order valence-electron chi connectivity index (χ2n) is 7.77. The maximum absolute atomic E-state index is 12.4. The Morgan fingerprint density at radius 3 is 2.13 bits per heavy atom. The molecule has 6 heteroatoms. The number of carbonyl (C=O) groups is 3. The molecule has 2 fully saturated rings. The minimum absolute atomic E-state index is 0.0412. The summed E-state index contributed by atoms with van der Waals surface area (Å²) in [4.78, 5) is 38.4. The van der Waals surface area contributed by atoms with Crippen molar-refractivity contribution >= 4 is 29.5 Å². The quantitative estimate of drug-likeness (QED) is 0.725. The number of rotatable bonds is 6. The van der Waals surface area contributed by atoms with E-state index in [2.05, 4.69) is 10.6 Å². The van der Waals surface area contributed by atoms with E-state index in [9.17, 15) is 14.4 Å². The summed E-state index contributed by atoms with van der Waals surface area (Å²) in [7, 11) is 0. The van der Waals surface area contributed by atoms with Crippen LogP contribution in [0.4, 0.5) is 5.69 Å². The Balaban J connectivity index is 1.29. The molecule has 0 unspecified atom stereocenters. The highest BCUT2D eigenvalue weighted by Crippen LogP contribution is 2.19. The molecule has 4 rings (SSSR count). The van der Waals surface area contributed by atoms with Crippen LogP contribution in [-0.4, -0.2) is 41.8 Å². The zero-order chi connectivity index (χ0) is 20.9. The largest absolute Gasteiger partial charge is 0.349 e. The van der Waals surface area contributed by atoms with Gasteiger partial charge in [0.1, 0.15) is 0 Å². The molecular weight excluding hydrogens is 378 g/mol. The van der Waals surface area contributed by atoms with E-state index < -0.39 is 0 Å². The molecule has 0 atom stereocenters. The number of amides is 3. The Labute approximate surface area is 176 Å². The zero-order valence-electron chi connectivity index (χ0n) is 16.8. The summed E-state index contributed by atoms with van der Waals surface area (Å²) in [5, 5.41) is 5.74. The number of likely N-dealkylation sites (tertiary alicyclic amines) is 1. The molecular formula is C24H25N3O3. The predicted molar refractivity (Wildman–Crippen MR) is 116 cm³/mol. The van der Waals surface area contributed by atoms with E-state index in [-0.39, 0.29) is 17.7 Å². The Hall–Kier alpha value is -3.41. The lowest BCUT2D eigenvalue weighted by Crippen LogP contribution is -2.27. The van der Waals surface area contributed by atoms with Gasteiger partial charge in [-0.1, -0.05) is 12.1 Å². The van der Waals surface area contributed by atoms with Crippen LogP contribution in [0.25, 0.3) is 6.08 Å². The standard InChI is InChI=1S/C24H25N3O3/c28-22(14-5-17-3-6-18(7-4-17)23(29)26-21-12-13-21)25-20-10-8-19(9-11-20)24(30)27-15-1-2-16-27/h3-11,14,21H,1-2,12-13,15-16H2,(H,25,28)(H,26,29)/b14-5+. The third-order valence-electron chi connectivity index (χ3n) is 5.31. The summed E-state index contributed by atoms with van der Waals surface area (Å²) in [5.41, 5.74) is 2.72. The SMILES string of the molecule is O=C(/C=C/c1ccc(C(=O)NC2CC2)cc1)Nc1ccc(C(=O)N2CCCC2)cc1. The molecule has 1 aliphatic heterocycles. The van der Waals surface area contributed by atoms with Crippen LogP contribution in [0, 0.1) is 0 Å². The first kappa shape index (κ1) is 19.9. The molecule has 0 aromatic heterocycles. The Bertz CT molecular complexity index is 954. The maximum Gasteiger partial charge on any atom is 0.253 e. The number of anilines is 1. The van der Waals surface area contributed by atoms with Gasteiger partial charge in [0.25, 0.3) is 11.8 Å². The number of nitrogens with one attached hydrogen (secondary N) is 2. The van der Waals surface area contributed by atoms with E-state index in [4.69, 9.17) is 0 Å². The smallest absolute Gasteiger partial charge is 0.253 e. The van der Waals surface area contributed by atoms with Crippen molar-refractivity contribution in [2.24, 2.45) is 0 Å². The average molecular weight is 403 g/mol. The van der Waals surface area contributed by atoms with Gasteiger partial charge in [-0.25, -0.2) is 0 Å². The van der Waals surface area contributed by atoms with Gasteiger partial charge in [0, 0.05) is 42.0 Å². The van der Waals surface area contributed by atoms with E-state index in [0.717, 1.165) is 44.3 Å². The van der Waals surface area contributed by atoms with E-state index in [0.29, 0.717) is 22.9 Å². The van der Waals surface area contributed by atoms with Crippen LogP contribution in [0.1, 0.15) is 52.0 Å². The maximum atomic E-state index is 12.4. The monoisotopic (exact) mass is 403 g/mol. The number of hydrogen-bond donors (Lipinski definition) is 2. The molecule has 154 valence electrons. The van der Waals surface area contributed by atoms with Crippen LogP contribution in [0.15, 0.2) is 54.6 Å². The fraction of sp³-hybridized carbons (Fsp3) is 0.292. The van der Waals surface area contributed by atoms with E-state index in [1.54, 1.807) is 42.5 Å². The topological polar surface area (TPSA) is 78.5 Å². The minimum atomic E-state index is -0.260. The first-order valence-electron chi connectivity index (χ1n) is 10.4. The molecule has 2 aromatic carbocycles. The van der Waals surface area contributed by atoms with Gasteiger partial charge in [-0.3, -0.25) is 14.4 Å². The van der Waals surface area contributed by atoms with Crippen LogP contribution in [-0.2, 0) is 4.79 Å². The van der Waals surface area contributed by atoms with Crippen molar-refractivity contribution < 1.29 is 14.4 Å². The van der Waals surface area contributed by atoms with Crippen molar-refractivity contribution in [3.05, 3.63) is 71.3 Å². The van der Waals surface area contributed by atoms with Gasteiger partial charge < -0.3 is 15.5 Å². The lowest BCUT2D eigenvalue weighted by Gasteiger charge is -2.15. The van der Waals surface area contributed by atoms with E-state index >= 15 is 0 Å². The third kappa shape index (κ3) is 5.14. The molecule has 3 amide bonds. The molecule has 30 heavy (non-hydrogen) atoms. The number of benzene rings is 2. The molecule has 0 radical (unpaired) electrons. The van der Waals surface area contributed by atoms with E-state index in [1.807, 2.05) is 17.0 Å². The van der Waals surface area contributed by atoms with Crippen molar-refractivity contribution in [2.45, 2.75) is 31.7 Å². The van der Waals surface area contributed by atoms with Crippen molar-refractivity contribution in [3.8, 4) is 0 Å². The molecule has 2 aromatic rings. The number of carbonyl (C=O) groups excluding carboxylic acids is 3. The second-order valence-corrected chi connectivity index (χ2v) is 7.77. The molecule has 2 aliphatic rings. The first-order chi connectivity index (χ1) is 14.6. The van der Waals surface area contributed by atoms with Crippen LogP contribution >= 0.6 is 0 Å². The van der Waals surface area contributed by atoms with Crippen molar-refractivity contribution in [3.63, 3.8) is 0 Å². The Morgan fingerprint density at radius 2 is 1.50 bits per heavy atom. The van der Waals surface area contributed by atoms with Gasteiger partial charge in [0.05, 0.1) is 0 Å². The van der Waals surface area contributed by atoms with Crippen LogP contribution in [0.2, 0.25) is 0 Å². The van der Waals surface area contributed by atoms with Gasteiger partial charge in [-0.15, -0.1) is 0 Å². The molecule has 6 nitrogen and oxygen atoms in total. The van der Waals surface area contributed by atoms with Crippen molar-refractivity contribution in [1.29, 1.82) is 0 Å². The van der Waals surface area contributed by atoms with Crippen LogP contribution in [0.5, 0.6) is 0 Å². The van der Waals surface area contributed by atoms with Gasteiger partial charge in [0.15, 0.2) is 0 Å². The average Bonchev–Trinajstić information content (AvgIpc) is 3.40. The van der Waals surface area contributed by atoms with Crippen molar-refractivity contribution in [1.82, 2.24) is 10.2 Å². The summed E-state index contributed by atoms with van der Waals surface area (Å²) in [6, 6.07) is 14.4. The molecule has 0 spiro atoms. The second kappa shape index (κ2) is 8.95. The Morgan fingerprint density at radius 1 is 0.867 bits per heavy atom. The van der Waals surface area contributed by atoms with Gasteiger partial charge in [-0.05, 0) is 73.7 Å². The summed E-state index contributed by atoms with van der Waals surface area (Å²) in [6.07, 6.45) is 7.37. The highest BCUT2D eigenvalue weighted by molar-refractivity contribution is 6.02. The molecule has 1 saturated heterocycles. The molecule has 1 saturated carbocycles. The van der Waals surface area contributed by atoms with Crippen molar-refractivity contribution in [2.75, 3.05) is 18.4 Å². The van der Waals surface area contributed by atoms with E-state index in [1.165, 1.54) is 6.08 Å². The molecule has 2 N–H and O–H groups in total. The zero-order valence-corrected chi connectivity index (χ0v) is 16.8. The Kier molecular flexibility index (Phi) is 5.93. The molecule has 0 bridgehead atoms. The van der Waals surface area contributed by atoms with Gasteiger partial charge >= 0.3 is 0 Å². The third-order valence-corrected chi connectivity index (χ3v) is 5.31. The normalized spacial score (nSPS) is 15.9. The summed E-state index contributed by atoms with van der Waals surface area (Å²) in [5.74, 6) is -0.277. The fourth-order valence-electron chi connectivity index (χ4n) is 3.40.